The highest BCUT2D eigenvalue weighted by molar-refractivity contribution is 7.10. The summed E-state index contributed by atoms with van der Waals surface area (Å²) in [5, 5.41) is 3.06. The van der Waals surface area contributed by atoms with Gasteiger partial charge in [0.25, 0.3) is 0 Å². The largest absolute Gasteiger partial charge is 0.147 e. The molecule has 4 heteroatoms. The van der Waals surface area contributed by atoms with Gasteiger partial charge in [-0.05, 0) is 41.6 Å². The third kappa shape index (κ3) is 2.38. The lowest BCUT2D eigenvalue weighted by Crippen LogP contribution is -1.93. The molecule has 16 heavy (non-hydrogen) atoms. The Bertz CT molecular complexity index is 505. The summed E-state index contributed by atoms with van der Waals surface area (Å²) >= 11 is 20.0. The van der Waals surface area contributed by atoms with E-state index in [2.05, 4.69) is 6.07 Å². The Morgan fingerprint density at radius 1 is 1.19 bits per heavy atom. The molecule has 1 aromatic carbocycles. The molecule has 0 saturated heterocycles. The van der Waals surface area contributed by atoms with Crippen LogP contribution >= 0.6 is 46.1 Å². The molecule has 0 amide bonds. The Morgan fingerprint density at radius 3 is 2.50 bits per heavy atom. The van der Waals surface area contributed by atoms with Gasteiger partial charge in [-0.1, -0.05) is 29.3 Å². The quantitative estimate of drug-likeness (QED) is 0.623. The van der Waals surface area contributed by atoms with E-state index in [1.807, 2.05) is 18.4 Å². The van der Waals surface area contributed by atoms with Crippen molar-refractivity contribution >= 4 is 46.1 Å². The number of halogens is 3. The first-order valence-corrected chi connectivity index (χ1v) is 6.80. The Balaban J connectivity index is 2.41. The fourth-order valence-electron chi connectivity index (χ4n) is 1.49. The number of hydrogen-bond donors (Lipinski definition) is 0. The lowest BCUT2D eigenvalue weighted by molar-refractivity contribution is 1.16. The topological polar surface area (TPSA) is 0 Å². The van der Waals surface area contributed by atoms with Crippen molar-refractivity contribution in [3.05, 3.63) is 55.7 Å². The molecule has 1 aromatic heterocycles. The van der Waals surface area contributed by atoms with E-state index in [1.165, 1.54) is 5.56 Å². The van der Waals surface area contributed by atoms with E-state index in [9.17, 15) is 0 Å². The maximum Gasteiger partial charge on any atom is 0.0944 e. The maximum absolute atomic E-state index is 6.42. The van der Waals surface area contributed by atoms with Crippen LogP contribution in [-0.2, 0) is 0 Å². The fraction of sp³-hybridized carbons (Fsp3) is 0.167. The minimum Gasteiger partial charge on any atom is -0.147 e. The highest BCUT2D eigenvalue weighted by Crippen LogP contribution is 2.38. The molecule has 0 bridgehead atoms. The Labute approximate surface area is 114 Å². The number of alkyl halides is 1. The maximum atomic E-state index is 6.42. The van der Waals surface area contributed by atoms with Gasteiger partial charge in [-0.3, -0.25) is 0 Å². The van der Waals surface area contributed by atoms with Crippen molar-refractivity contribution in [2.45, 2.75) is 12.3 Å². The standard InChI is InChI=1S/C12H9Cl3S/c1-7-4-5-16-12(7)11(15)9-3-2-8(13)6-10(9)14/h2-6,11H,1H3. The number of aryl methyl sites for hydroxylation is 1. The third-order valence-corrected chi connectivity index (χ3v) is 4.60. The lowest BCUT2D eigenvalue weighted by Gasteiger charge is -2.11. The zero-order valence-corrected chi connectivity index (χ0v) is 11.6. The Hall–Kier alpha value is -0.210. The van der Waals surface area contributed by atoms with Crippen LogP contribution in [0.2, 0.25) is 10.0 Å². The molecular weight excluding hydrogens is 283 g/mol. The predicted octanol–water partition coefficient (Wildman–Crippen LogP) is 5.69. The van der Waals surface area contributed by atoms with Crippen molar-refractivity contribution in [3.63, 3.8) is 0 Å². The lowest BCUT2D eigenvalue weighted by atomic mass is 10.1. The van der Waals surface area contributed by atoms with Crippen LogP contribution in [0, 0.1) is 6.92 Å². The first-order chi connectivity index (χ1) is 7.59. The second-order valence-electron chi connectivity index (χ2n) is 3.50. The van der Waals surface area contributed by atoms with Gasteiger partial charge < -0.3 is 0 Å². The van der Waals surface area contributed by atoms with E-state index < -0.39 is 0 Å². The van der Waals surface area contributed by atoms with Gasteiger partial charge in [-0.2, -0.15) is 0 Å². The molecule has 0 spiro atoms. The fourth-order valence-corrected chi connectivity index (χ4v) is 3.50. The molecule has 2 rings (SSSR count). The van der Waals surface area contributed by atoms with Crippen LogP contribution in [0.4, 0.5) is 0 Å². The minimum absolute atomic E-state index is 0.204. The highest BCUT2D eigenvalue weighted by Gasteiger charge is 2.17. The van der Waals surface area contributed by atoms with Gasteiger partial charge in [-0.15, -0.1) is 22.9 Å². The van der Waals surface area contributed by atoms with Crippen LogP contribution in [0.5, 0.6) is 0 Å². The summed E-state index contributed by atoms with van der Waals surface area (Å²) in [6.07, 6.45) is 0. The van der Waals surface area contributed by atoms with Gasteiger partial charge in [0.2, 0.25) is 0 Å². The van der Waals surface area contributed by atoms with E-state index in [0.717, 1.165) is 10.4 Å². The SMILES string of the molecule is Cc1ccsc1C(Cl)c1ccc(Cl)cc1Cl. The number of hydrogen-bond acceptors (Lipinski definition) is 1. The van der Waals surface area contributed by atoms with Crippen molar-refractivity contribution in [1.82, 2.24) is 0 Å². The van der Waals surface area contributed by atoms with Gasteiger partial charge >= 0.3 is 0 Å². The Morgan fingerprint density at radius 2 is 1.94 bits per heavy atom. The van der Waals surface area contributed by atoms with Crippen LogP contribution in [0.25, 0.3) is 0 Å². The number of thiophene rings is 1. The molecule has 0 aliphatic rings. The predicted molar refractivity (Wildman–Crippen MR) is 73.2 cm³/mol. The average molecular weight is 292 g/mol. The summed E-state index contributed by atoms with van der Waals surface area (Å²) in [6, 6.07) is 7.46. The number of benzene rings is 1. The van der Waals surface area contributed by atoms with Gasteiger partial charge in [0.15, 0.2) is 0 Å². The molecule has 2 aromatic rings. The summed E-state index contributed by atoms with van der Waals surface area (Å²) in [5.41, 5.74) is 2.09. The first-order valence-electron chi connectivity index (χ1n) is 4.72. The molecule has 0 N–H and O–H groups in total. The number of rotatable bonds is 2. The Kier molecular flexibility index (Phi) is 3.81. The summed E-state index contributed by atoms with van der Waals surface area (Å²) in [6.45, 7) is 2.05. The van der Waals surface area contributed by atoms with Crippen molar-refractivity contribution < 1.29 is 0 Å². The second-order valence-corrected chi connectivity index (χ2v) is 5.72. The molecule has 0 fully saturated rings. The molecule has 0 radical (unpaired) electrons. The molecule has 1 atom stereocenters. The van der Waals surface area contributed by atoms with Gasteiger partial charge in [0, 0.05) is 14.9 Å². The molecule has 0 saturated carbocycles. The summed E-state index contributed by atoms with van der Waals surface area (Å²) < 4.78 is 0. The van der Waals surface area contributed by atoms with E-state index in [-0.39, 0.29) is 5.38 Å². The summed E-state index contributed by atoms with van der Waals surface area (Å²) in [7, 11) is 0. The van der Waals surface area contributed by atoms with E-state index in [0.29, 0.717) is 10.0 Å². The summed E-state index contributed by atoms with van der Waals surface area (Å²) in [5.74, 6) is 0. The van der Waals surface area contributed by atoms with Crippen LogP contribution < -0.4 is 0 Å². The van der Waals surface area contributed by atoms with Crippen molar-refractivity contribution in [2.75, 3.05) is 0 Å². The monoisotopic (exact) mass is 290 g/mol. The molecule has 1 heterocycles. The van der Waals surface area contributed by atoms with Gasteiger partial charge in [-0.25, -0.2) is 0 Å². The smallest absolute Gasteiger partial charge is 0.0944 e. The van der Waals surface area contributed by atoms with Crippen molar-refractivity contribution in [3.8, 4) is 0 Å². The van der Waals surface area contributed by atoms with Gasteiger partial charge in [0.05, 0.1) is 5.38 Å². The van der Waals surface area contributed by atoms with E-state index in [4.69, 9.17) is 34.8 Å². The zero-order chi connectivity index (χ0) is 11.7. The third-order valence-electron chi connectivity index (χ3n) is 2.37. The van der Waals surface area contributed by atoms with Crippen molar-refractivity contribution in [1.29, 1.82) is 0 Å². The molecular formula is C12H9Cl3S. The molecule has 0 nitrogen and oxygen atoms in total. The van der Waals surface area contributed by atoms with Crippen LogP contribution in [0.1, 0.15) is 21.4 Å². The average Bonchev–Trinajstić information content (AvgIpc) is 2.63. The minimum atomic E-state index is -0.204. The zero-order valence-electron chi connectivity index (χ0n) is 8.51. The summed E-state index contributed by atoms with van der Waals surface area (Å²) in [4.78, 5) is 1.13. The second kappa shape index (κ2) is 4.97. The normalized spacial score (nSPS) is 12.8. The van der Waals surface area contributed by atoms with Crippen molar-refractivity contribution in [2.24, 2.45) is 0 Å². The first kappa shape index (κ1) is 12.3. The van der Waals surface area contributed by atoms with Crippen LogP contribution in [0.15, 0.2) is 29.6 Å². The van der Waals surface area contributed by atoms with Gasteiger partial charge in [0.1, 0.15) is 0 Å². The van der Waals surface area contributed by atoms with Crippen LogP contribution in [-0.4, -0.2) is 0 Å². The molecule has 1 unspecified atom stereocenters. The molecule has 0 aliphatic carbocycles. The molecule has 84 valence electrons. The van der Waals surface area contributed by atoms with E-state index in [1.54, 1.807) is 23.5 Å². The van der Waals surface area contributed by atoms with Crippen LogP contribution in [0.3, 0.4) is 0 Å². The highest BCUT2D eigenvalue weighted by atomic mass is 35.5. The molecule has 0 aliphatic heterocycles. The van der Waals surface area contributed by atoms with E-state index >= 15 is 0 Å².